The van der Waals surface area contributed by atoms with Crippen LogP contribution in [0.5, 0.6) is 0 Å². The van der Waals surface area contributed by atoms with Gasteiger partial charge in [-0.05, 0) is 49.2 Å². The molecule has 7 nitrogen and oxygen atoms in total. The fourth-order valence-electron chi connectivity index (χ4n) is 3.90. The first kappa shape index (κ1) is 26.1. The van der Waals surface area contributed by atoms with Crippen molar-refractivity contribution in [2.45, 2.75) is 19.8 Å². The van der Waals surface area contributed by atoms with Crippen LogP contribution in [0.3, 0.4) is 0 Å². The minimum absolute atomic E-state index is 0.0146. The lowest BCUT2D eigenvalue weighted by molar-refractivity contribution is -0.138. The monoisotopic (exact) mass is 533 g/mol. The molecule has 0 unspecified atom stereocenters. The zero-order valence-corrected chi connectivity index (χ0v) is 21.8. The molecule has 1 aliphatic rings. The molecule has 0 fully saturated rings. The minimum atomic E-state index is -0.808. The van der Waals surface area contributed by atoms with Crippen molar-refractivity contribution in [1.82, 2.24) is 5.32 Å². The molecule has 4 rings (SSSR count). The Balaban J connectivity index is 1.69. The van der Waals surface area contributed by atoms with E-state index in [0.717, 1.165) is 22.9 Å². The lowest BCUT2D eigenvalue weighted by Crippen LogP contribution is -2.29. The maximum absolute atomic E-state index is 13.2. The molecule has 1 aromatic heterocycles. The van der Waals surface area contributed by atoms with Crippen LogP contribution in [0.4, 0.5) is 5.69 Å². The first-order valence-electron chi connectivity index (χ1n) is 11.5. The summed E-state index contributed by atoms with van der Waals surface area (Å²) in [6.45, 7) is 3.78. The second-order valence-electron chi connectivity index (χ2n) is 8.10. The van der Waals surface area contributed by atoms with Crippen molar-refractivity contribution in [1.29, 1.82) is 5.26 Å². The molecule has 0 saturated heterocycles. The predicted octanol–water partition coefficient (Wildman–Crippen LogP) is 6.01. The van der Waals surface area contributed by atoms with E-state index in [4.69, 9.17) is 20.8 Å². The molecule has 1 atom stereocenters. The van der Waals surface area contributed by atoms with E-state index < -0.39 is 11.9 Å². The van der Waals surface area contributed by atoms with Crippen molar-refractivity contribution < 1.29 is 18.7 Å². The second kappa shape index (κ2) is 11.9. The van der Waals surface area contributed by atoms with Gasteiger partial charge in [0.2, 0.25) is 5.91 Å². The molecule has 188 valence electrons. The molecular weight excluding hydrogens is 510 g/mol. The van der Waals surface area contributed by atoms with Gasteiger partial charge in [0, 0.05) is 10.7 Å². The number of nitriles is 1. The summed E-state index contributed by atoms with van der Waals surface area (Å²) in [7, 11) is 0. The number of carbonyl (C=O) groups excluding carboxylic acids is 2. The van der Waals surface area contributed by atoms with Gasteiger partial charge in [-0.15, -0.1) is 0 Å². The molecule has 0 aliphatic carbocycles. The molecule has 3 aromatic rings. The predicted molar refractivity (Wildman–Crippen MR) is 144 cm³/mol. The van der Waals surface area contributed by atoms with Crippen LogP contribution in [-0.2, 0) is 14.3 Å². The van der Waals surface area contributed by atoms with E-state index >= 15 is 0 Å². The van der Waals surface area contributed by atoms with Gasteiger partial charge in [0.25, 0.3) is 0 Å². The Labute approximate surface area is 224 Å². The fraction of sp³-hybridized carbons (Fsp3) is 0.179. The van der Waals surface area contributed by atoms with Crippen LogP contribution in [-0.4, -0.2) is 24.2 Å². The average Bonchev–Trinajstić information content (AvgIpc) is 3.44. The van der Waals surface area contributed by atoms with Crippen molar-refractivity contribution in [2.24, 2.45) is 0 Å². The van der Waals surface area contributed by atoms with E-state index in [9.17, 15) is 14.9 Å². The maximum atomic E-state index is 13.2. The van der Waals surface area contributed by atoms with Gasteiger partial charge in [-0.25, -0.2) is 4.79 Å². The van der Waals surface area contributed by atoms with Crippen LogP contribution >= 0.6 is 23.4 Å². The highest BCUT2D eigenvalue weighted by Gasteiger charge is 2.38. The molecule has 0 spiro atoms. The molecule has 0 bridgehead atoms. The Morgan fingerprint density at radius 2 is 1.97 bits per heavy atom. The number of ether oxygens (including phenoxy) is 1. The quantitative estimate of drug-likeness (QED) is 0.342. The van der Waals surface area contributed by atoms with E-state index in [-0.39, 0.29) is 29.4 Å². The first-order valence-corrected chi connectivity index (χ1v) is 12.9. The van der Waals surface area contributed by atoms with Crippen molar-refractivity contribution in [2.75, 3.05) is 17.7 Å². The number of carbonyl (C=O) groups is 2. The lowest BCUT2D eigenvalue weighted by atomic mass is 9.84. The number of esters is 1. The van der Waals surface area contributed by atoms with E-state index in [0.29, 0.717) is 27.2 Å². The number of anilines is 1. The molecule has 2 N–H and O–H groups in total. The number of hydrogen-bond acceptors (Lipinski definition) is 7. The molecule has 1 aliphatic heterocycles. The summed E-state index contributed by atoms with van der Waals surface area (Å²) >= 11 is 7.34. The van der Waals surface area contributed by atoms with Crippen molar-refractivity contribution in [3.63, 3.8) is 0 Å². The van der Waals surface area contributed by atoms with Crippen molar-refractivity contribution >= 4 is 46.6 Å². The molecular formula is C28H24ClN3O4S. The molecule has 37 heavy (non-hydrogen) atoms. The van der Waals surface area contributed by atoms with Crippen LogP contribution in [0.2, 0.25) is 5.02 Å². The van der Waals surface area contributed by atoms with Crippen LogP contribution in [0, 0.1) is 18.3 Å². The number of thioether (sulfide) groups is 1. The largest absolute Gasteiger partial charge is 0.468 e. The van der Waals surface area contributed by atoms with Gasteiger partial charge >= 0.3 is 5.97 Å². The molecule has 1 amide bonds. The van der Waals surface area contributed by atoms with Crippen molar-refractivity contribution in [3.8, 4) is 6.07 Å². The molecule has 0 radical (unpaired) electrons. The van der Waals surface area contributed by atoms with E-state index in [2.05, 4.69) is 16.7 Å². The Kier molecular flexibility index (Phi) is 8.39. The van der Waals surface area contributed by atoms with E-state index in [1.807, 2.05) is 43.3 Å². The number of allylic oxidation sites excluding steroid dienone is 1. The number of aryl methyl sites for hydroxylation is 1. The van der Waals surface area contributed by atoms with Crippen molar-refractivity contribution in [3.05, 3.63) is 105 Å². The number of nitrogens with one attached hydrogen (secondary N) is 2. The summed E-state index contributed by atoms with van der Waals surface area (Å²) < 4.78 is 11.0. The molecule has 0 saturated carbocycles. The normalized spacial score (nSPS) is 15.1. The summed E-state index contributed by atoms with van der Waals surface area (Å²) in [6.07, 6.45) is 1.49. The summed E-state index contributed by atoms with van der Waals surface area (Å²) in [6, 6.07) is 20.2. The van der Waals surface area contributed by atoms with Gasteiger partial charge in [-0.2, -0.15) is 5.26 Å². The van der Waals surface area contributed by atoms with E-state index in [1.165, 1.54) is 6.26 Å². The highest BCUT2D eigenvalue weighted by atomic mass is 35.5. The fourth-order valence-corrected chi connectivity index (χ4v) is 4.93. The van der Waals surface area contributed by atoms with Crippen LogP contribution in [0.25, 0.3) is 5.70 Å². The Morgan fingerprint density at radius 1 is 1.19 bits per heavy atom. The minimum Gasteiger partial charge on any atom is -0.468 e. The number of nitrogens with zero attached hydrogens (tertiary/aromatic N) is 1. The number of amides is 1. The van der Waals surface area contributed by atoms with E-state index in [1.54, 1.807) is 31.2 Å². The van der Waals surface area contributed by atoms with Gasteiger partial charge in [-0.3, -0.25) is 4.79 Å². The first-order chi connectivity index (χ1) is 17.9. The molecule has 9 heteroatoms. The number of benzene rings is 2. The summed E-state index contributed by atoms with van der Waals surface area (Å²) in [4.78, 5) is 26.0. The SMILES string of the molecule is CCOC(=O)C1=C(c2ccccc2)NC(SCC(=O)Nc2ccc(C)c(Cl)c2)=C(C#N)[C@@H]1c1ccco1. The number of furan rings is 1. The Morgan fingerprint density at radius 3 is 2.62 bits per heavy atom. The summed E-state index contributed by atoms with van der Waals surface area (Å²) in [5.41, 5.74) is 3.24. The topological polar surface area (TPSA) is 104 Å². The third-order valence-corrected chi connectivity index (χ3v) is 7.06. The number of rotatable bonds is 8. The maximum Gasteiger partial charge on any atom is 0.337 e. The zero-order chi connectivity index (χ0) is 26.4. The molecule has 2 heterocycles. The third kappa shape index (κ3) is 5.91. The Bertz CT molecular complexity index is 1410. The van der Waals surface area contributed by atoms with Crippen LogP contribution in [0.15, 0.2) is 87.5 Å². The highest BCUT2D eigenvalue weighted by Crippen LogP contribution is 2.43. The zero-order valence-electron chi connectivity index (χ0n) is 20.2. The highest BCUT2D eigenvalue weighted by molar-refractivity contribution is 8.03. The van der Waals surface area contributed by atoms with Gasteiger partial charge in [0.05, 0.1) is 52.5 Å². The third-order valence-electron chi connectivity index (χ3n) is 5.64. The average molecular weight is 534 g/mol. The number of dihydropyridines is 1. The molecule has 2 aromatic carbocycles. The van der Waals surface area contributed by atoms with Gasteiger partial charge in [-0.1, -0.05) is 59.8 Å². The van der Waals surface area contributed by atoms with Gasteiger partial charge in [0.1, 0.15) is 5.76 Å². The summed E-state index contributed by atoms with van der Waals surface area (Å²) in [5, 5.41) is 17.3. The van der Waals surface area contributed by atoms with Crippen LogP contribution in [0.1, 0.15) is 29.7 Å². The number of halogens is 1. The standard InChI is InChI=1S/C28H24ClN3O4S/c1-3-35-28(34)25-24(22-10-7-13-36-22)20(15-30)27(32-26(25)18-8-5-4-6-9-18)37-16-23(33)31-19-12-11-17(2)21(29)14-19/h4-14,24,32H,3,16H2,1-2H3,(H,31,33)/t24-/m1/s1. The second-order valence-corrected chi connectivity index (χ2v) is 9.50. The number of hydrogen-bond donors (Lipinski definition) is 2. The van der Waals surface area contributed by atoms with Crippen LogP contribution < -0.4 is 10.6 Å². The smallest absolute Gasteiger partial charge is 0.337 e. The Hall–Kier alpha value is -3.93. The van der Waals surface area contributed by atoms with Gasteiger partial charge < -0.3 is 19.8 Å². The summed E-state index contributed by atoms with van der Waals surface area (Å²) in [5.74, 6) is -1.20. The lowest BCUT2D eigenvalue weighted by Gasteiger charge is -2.29. The van der Waals surface area contributed by atoms with Gasteiger partial charge in [0.15, 0.2) is 0 Å².